The number of aliphatic hydroxyl groups excluding tert-OH is 1. The summed E-state index contributed by atoms with van der Waals surface area (Å²) in [7, 11) is 0. The number of halogens is 2. The van der Waals surface area contributed by atoms with Crippen molar-refractivity contribution in [3.63, 3.8) is 0 Å². The third-order valence-electron chi connectivity index (χ3n) is 4.33. The summed E-state index contributed by atoms with van der Waals surface area (Å²) in [6, 6.07) is 3.49. The van der Waals surface area contributed by atoms with E-state index in [-0.39, 0.29) is 30.1 Å². The van der Waals surface area contributed by atoms with Gasteiger partial charge in [-0.15, -0.1) is 0 Å². The Bertz CT molecular complexity index is 543. The topological polar surface area (TPSA) is 52.6 Å². The number of hydrogen-bond donors (Lipinski definition) is 2. The van der Waals surface area contributed by atoms with E-state index >= 15 is 0 Å². The Balaban J connectivity index is 1.67. The quantitative estimate of drug-likeness (QED) is 0.871. The summed E-state index contributed by atoms with van der Waals surface area (Å²) < 4.78 is 27.4. The highest BCUT2D eigenvalue weighted by Crippen LogP contribution is 2.26. The fraction of sp³-hybridized carbons (Fsp3) is 0.562. The van der Waals surface area contributed by atoms with E-state index in [0.717, 1.165) is 31.4 Å². The maximum absolute atomic E-state index is 13.7. The number of carbonyl (C=O) groups excluding carboxylic acids is 1. The lowest BCUT2D eigenvalue weighted by atomic mass is 10.1. The Kier molecular flexibility index (Phi) is 4.40. The van der Waals surface area contributed by atoms with E-state index in [0.29, 0.717) is 13.0 Å². The summed E-state index contributed by atoms with van der Waals surface area (Å²) in [6.45, 7) is 0.705. The first kappa shape index (κ1) is 15.4. The highest BCUT2D eigenvalue weighted by Gasteiger charge is 2.35. The minimum absolute atomic E-state index is 0.0406. The van der Waals surface area contributed by atoms with Crippen molar-refractivity contribution in [1.29, 1.82) is 0 Å². The van der Waals surface area contributed by atoms with Crippen LogP contribution in [-0.4, -0.2) is 41.1 Å². The molecular formula is C16H20F2N2O2. The molecule has 1 aromatic carbocycles. The zero-order valence-corrected chi connectivity index (χ0v) is 12.3. The molecule has 0 radical (unpaired) electrons. The van der Waals surface area contributed by atoms with Crippen LogP contribution in [0.2, 0.25) is 0 Å². The van der Waals surface area contributed by atoms with Gasteiger partial charge in [0.15, 0.2) is 0 Å². The van der Waals surface area contributed by atoms with Gasteiger partial charge in [0.25, 0.3) is 0 Å². The molecule has 0 aromatic heterocycles. The van der Waals surface area contributed by atoms with Gasteiger partial charge in [0.1, 0.15) is 11.6 Å². The number of amides is 1. The highest BCUT2D eigenvalue weighted by molar-refractivity contribution is 5.82. The van der Waals surface area contributed by atoms with Crippen LogP contribution in [0.25, 0.3) is 0 Å². The van der Waals surface area contributed by atoms with Gasteiger partial charge < -0.3 is 10.4 Å². The third kappa shape index (κ3) is 3.28. The van der Waals surface area contributed by atoms with E-state index in [1.807, 2.05) is 4.90 Å². The van der Waals surface area contributed by atoms with Gasteiger partial charge >= 0.3 is 0 Å². The van der Waals surface area contributed by atoms with Crippen LogP contribution >= 0.6 is 0 Å². The molecule has 1 aliphatic heterocycles. The number of likely N-dealkylation sites (tertiary alicyclic amines) is 1. The van der Waals surface area contributed by atoms with Crippen LogP contribution in [0.1, 0.15) is 37.4 Å². The van der Waals surface area contributed by atoms with Gasteiger partial charge in [0, 0.05) is 12.6 Å². The Labute approximate surface area is 128 Å². The monoisotopic (exact) mass is 310 g/mol. The van der Waals surface area contributed by atoms with Gasteiger partial charge in [-0.2, -0.15) is 0 Å². The van der Waals surface area contributed by atoms with E-state index < -0.39 is 17.7 Å². The van der Waals surface area contributed by atoms with Gasteiger partial charge in [0.05, 0.1) is 17.7 Å². The molecule has 1 amide bonds. The molecule has 1 aromatic rings. The van der Waals surface area contributed by atoms with Crippen LogP contribution in [0, 0.1) is 11.6 Å². The molecule has 3 rings (SSSR count). The first-order valence-electron chi connectivity index (χ1n) is 7.72. The Morgan fingerprint density at radius 1 is 1.32 bits per heavy atom. The highest BCUT2D eigenvalue weighted by atomic mass is 19.1. The van der Waals surface area contributed by atoms with Crippen molar-refractivity contribution in [2.45, 2.75) is 43.9 Å². The molecule has 2 aliphatic rings. The van der Waals surface area contributed by atoms with Gasteiger partial charge in [-0.1, -0.05) is 6.07 Å². The minimum atomic E-state index is -1.28. The number of aliphatic hydroxyl groups is 1. The molecule has 1 heterocycles. The van der Waals surface area contributed by atoms with Crippen LogP contribution in [0.15, 0.2) is 18.2 Å². The molecule has 2 fully saturated rings. The predicted molar refractivity (Wildman–Crippen MR) is 77.1 cm³/mol. The SMILES string of the molecule is O=C(NC1CC1)C1CCCN1CC(O)c1c(F)cccc1F. The molecule has 2 unspecified atom stereocenters. The van der Waals surface area contributed by atoms with Crippen LogP contribution in [0.3, 0.4) is 0 Å². The lowest BCUT2D eigenvalue weighted by molar-refractivity contribution is -0.126. The Morgan fingerprint density at radius 3 is 2.64 bits per heavy atom. The molecule has 4 nitrogen and oxygen atoms in total. The van der Waals surface area contributed by atoms with Gasteiger partial charge in [-0.3, -0.25) is 9.69 Å². The molecule has 1 aliphatic carbocycles. The second kappa shape index (κ2) is 6.30. The zero-order valence-electron chi connectivity index (χ0n) is 12.3. The summed E-state index contributed by atoms with van der Waals surface area (Å²) in [6.07, 6.45) is 2.30. The van der Waals surface area contributed by atoms with Crippen molar-refractivity contribution >= 4 is 5.91 Å². The summed E-state index contributed by atoms with van der Waals surface area (Å²) >= 11 is 0. The maximum Gasteiger partial charge on any atom is 0.237 e. The number of nitrogens with zero attached hydrogens (tertiary/aromatic N) is 1. The summed E-state index contributed by atoms with van der Waals surface area (Å²) in [4.78, 5) is 14.0. The molecule has 0 bridgehead atoms. The average molecular weight is 310 g/mol. The standard InChI is InChI=1S/C16H20F2N2O2/c17-11-3-1-4-12(18)15(11)14(21)9-20-8-2-5-13(20)16(22)19-10-6-7-10/h1,3-4,10,13-14,21H,2,5-9H2,(H,19,22). The number of benzene rings is 1. The van der Waals surface area contributed by atoms with Gasteiger partial charge in [0.2, 0.25) is 5.91 Å². The lowest BCUT2D eigenvalue weighted by Crippen LogP contribution is -2.45. The van der Waals surface area contributed by atoms with E-state index in [9.17, 15) is 18.7 Å². The predicted octanol–water partition coefficient (Wildman–Crippen LogP) is 1.74. The second-order valence-electron chi connectivity index (χ2n) is 6.09. The summed E-state index contributed by atoms with van der Waals surface area (Å²) in [5.41, 5.74) is -0.323. The second-order valence-corrected chi connectivity index (χ2v) is 6.09. The van der Waals surface area contributed by atoms with Crippen molar-refractivity contribution in [3.8, 4) is 0 Å². The molecule has 22 heavy (non-hydrogen) atoms. The molecule has 1 saturated carbocycles. The molecule has 0 spiro atoms. The summed E-state index contributed by atoms with van der Waals surface area (Å²) in [5.74, 6) is -1.56. The van der Waals surface area contributed by atoms with Gasteiger partial charge in [-0.25, -0.2) is 8.78 Å². The van der Waals surface area contributed by atoms with E-state index in [4.69, 9.17) is 0 Å². The third-order valence-corrected chi connectivity index (χ3v) is 4.33. The smallest absolute Gasteiger partial charge is 0.237 e. The average Bonchev–Trinajstić information content (AvgIpc) is 3.14. The van der Waals surface area contributed by atoms with Crippen LogP contribution in [0.4, 0.5) is 8.78 Å². The lowest BCUT2D eigenvalue weighted by Gasteiger charge is -2.26. The van der Waals surface area contributed by atoms with Crippen molar-refractivity contribution in [3.05, 3.63) is 35.4 Å². The molecule has 6 heteroatoms. The number of β-amino-alcohol motifs (C(OH)–C–C–N with tert-alkyl or cyclic N) is 1. The van der Waals surface area contributed by atoms with E-state index in [1.54, 1.807) is 0 Å². The molecule has 120 valence electrons. The Hall–Kier alpha value is -1.53. The largest absolute Gasteiger partial charge is 0.387 e. The fourth-order valence-corrected chi connectivity index (χ4v) is 3.01. The molecule has 1 saturated heterocycles. The van der Waals surface area contributed by atoms with Crippen LogP contribution < -0.4 is 5.32 Å². The number of rotatable bonds is 5. The Morgan fingerprint density at radius 2 is 2.00 bits per heavy atom. The van der Waals surface area contributed by atoms with Gasteiger partial charge in [-0.05, 0) is 44.4 Å². The number of hydrogen-bond acceptors (Lipinski definition) is 3. The van der Waals surface area contributed by atoms with Crippen molar-refractivity contribution < 1.29 is 18.7 Å². The maximum atomic E-state index is 13.7. The van der Waals surface area contributed by atoms with Crippen molar-refractivity contribution in [2.75, 3.05) is 13.1 Å². The van der Waals surface area contributed by atoms with Crippen molar-refractivity contribution in [2.24, 2.45) is 0 Å². The van der Waals surface area contributed by atoms with E-state index in [1.165, 1.54) is 6.07 Å². The van der Waals surface area contributed by atoms with Crippen molar-refractivity contribution in [1.82, 2.24) is 10.2 Å². The van der Waals surface area contributed by atoms with Crippen LogP contribution in [-0.2, 0) is 4.79 Å². The first-order valence-corrected chi connectivity index (χ1v) is 7.72. The summed E-state index contributed by atoms with van der Waals surface area (Å²) in [5, 5.41) is 13.1. The number of nitrogens with one attached hydrogen (secondary N) is 1. The fourth-order valence-electron chi connectivity index (χ4n) is 3.01. The minimum Gasteiger partial charge on any atom is -0.387 e. The van der Waals surface area contributed by atoms with Crippen LogP contribution in [0.5, 0.6) is 0 Å². The first-order chi connectivity index (χ1) is 10.6. The number of carbonyl (C=O) groups is 1. The molecule has 2 N–H and O–H groups in total. The zero-order chi connectivity index (χ0) is 15.7. The molecule has 2 atom stereocenters. The van der Waals surface area contributed by atoms with E-state index in [2.05, 4.69) is 5.32 Å². The normalized spacial score (nSPS) is 23.5. The molecular weight excluding hydrogens is 290 g/mol.